The van der Waals surface area contributed by atoms with Crippen LogP contribution >= 0.6 is 0 Å². The molecule has 0 amide bonds. The molecule has 3 nitrogen and oxygen atoms in total. The van der Waals surface area contributed by atoms with Gasteiger partial charge in [0.1, 0.15) is 5.75 Å². The van der Waals surface area contributed by atoms with Crippen LogP contribution in [0, 0.1) is 17.3 Å². The molecule has 1 aromatic carbocycles. The first kappa shape index (κ1) is 12.5. The number of benzene rings is 1. The van der Waals surface area contributed by atoms with Crippen LogP contribution in [0.25, 0.3) is 0 Å². The van der Waals surface area contributed by atoms with Gasteiger partial charge in [-0.3, -0.25) is 4.79 Å². The van der Waals surface area contributed by atoms with Crippen molar-refractivity contribution < 1.29 is 14.6 Å². The number of aliphatic carboxylic acids is 1. The van der Waals surface area contributed by atoms with Gasteiger partial charge >= 0.3 is 5.97 Å². The second-order valence-electron chi connectivity index (χ2n) is 6.07. The molecule has 0 heterocycles. The van der Waals surface area contributed by atoms with E-state index in [1.807, 2.05) is 24.3 Å². The molecule has 0 aliphatic heterocycles. The van der Waals surface area contributed by atoms with Gasteiger partial charge < -0.3 is 9.84 Å². The molecule has 0 spiro atoms. The summed E-state index contributed by atoms with van der Waals surface area (Å²) in [5, 5.41) is 9.74. The average molecular weight is 260 g/mol. The zero-order chi connectivity index (χ0) is 13.5. The summed E-state index contributed by atoms with van der Waals surface area (Å²) in [5.41, 5.74) is 0.546. The summed E-state index contributed by atoms with van der Waals surface area (Å²) in [6.07, 6.45) is 4.90. The first-order valence-electron chi connectivity index (χ1n) is 7.00. The molecule has 19 heavy (non-hydrogen) atoms. The Morgan fingerprint density at radius 1 is 1.47 bits per heavy atom. The molecule has 3 rings (SSSR count). The smallest absolute Gasteiger partial charge is 0.310 e. The van der Waals surface area contributed by atoms with Crippen LogP contribution in [0.2, 0.25) is 0 Å². The van der Waals surface area contributed by atoms with Gasteiger partial charge in [0.15, 0.2) is 0 Å². The van der Waals surface area contributed by atoms with Gasteiger partial charge in [-0.2, -0.15) is 0 Å². The van der Waals surface area contributed by atoms with Crippen LogP contribution in [-0.2, 0) is 11.2 Å². The van der Waals surface area contributed by atoms with Gasteiger partial charge in [-0.15, -0.1) is 0 Å². The summed E-state index contributed by atoms with van der Waals surface area (Å²) in [6, 6.07) is 7.82. The summed E-state index contributed by atoms with van der Waals surface area (Å²) in [6.45, 7) is 0. The number of carboxylic acids is 1. The van der Waals surface area contributed by atoms with Gasteiger partial charge in [-0.05, 0) is 55.2 Å². The summed E-state index contributed by atoms with van der Waals surface area (Å²) >= 11 is 0. The first-order valence-corrected chi connectivity index (χ1v) is 7.00. The maximum absolute atomic E-state index is 11.8. The van der Waals surface area contributed by atoms with E-state index >= 15 is 0 Å². The Hall–Kier alpha value is -1.51. The predicted octanol–water partition coefficient (Wildman–Crippen LogP) is 3.13. The molecule has 3 heteroatoms. The molecule has 2 fully saturated rings. The third-order valence-electron chi connectivity index (χ3n) is 5.06. The second kappa shape index (κ2) is 4.55. The maximum atomic E-state index is 11.8. The summed E-state index contributed by atoms with van der Waals surface area (Å²) in [7, 11) is 1.64. The fourth-order valence-corrected chi connectivity index (χ4v) is 4.14. The van der Waals surface area contributed by atoms with Crippen molar-refractivity contribution in [1.82, 2.24) is 0 Å². The van der Waals surface area contributed by atoms with E-state index in [9.17, 15) is 9.90 Å². The topological polar surface area (TPSA) is 46.5 Å². The highest BCUT2D eigenvalue weighted by atomic mass is 16.5. The van der Waals surface area contributed by atoms with E-state index in [-0.39, 0.29) is 0 Å². The molecule has 2 aliphatic rings. The van der Waals surface area contributed by atoms with Crippen molar-refractivity contribution >= 4 is 5.97 Å². The van der Waals surface area contributed by atoms with Crippen LogP contribution in [-0.4, -0.2) is 18.2 Å². The van der Waals surface area contributed by atoms with Crippen LogP contribution in [0.3, 0.4) is 0 Å². The third-order valence-corrected chi connectivity index (χ3v) is 5.06. The molecule has 0 radical (unpaired) electrons. The lowest BCUT2D eigenvalue weighted by atomic mass is 9.69. The standard InChI is InChI=1S/C16H20O3/c1-19-14-4-2-3-11(8-14)9-16(15(17)18)10-12-5-6-13(16)7-12/h2-4,8,12-13H,5-7,9-10H2,1H3,(H,17,18). The number of rotatable bonds is 4. The second-order valence-corrected chi connectivity index (χ2v) is 6.07. The van der Waals surface area contributed by atoms with E-state index in [1.54, 1.807) is 7.11 Å². The largest absolute Gasteiger partial charge is 0.497 e. The maximum Gasteiger partial charge on any atom is 0.310 e. The van der Waals surface area contributed by atoms with E-state index in [1.165, 1.54) is 6.42 Å². The quantitative estimate of drug-likeness (QED) is 0.904. The van der Waals surface area contributed by atoms with Crippen molar-refractivity contribution in [3.63, 3.8) is 0 Å². The lowest BCUT2D eigenvalue weighted by molar-refractivity contribution is -0.152. The Morgan fingerprint density at radius 3 is 2.89 bits per heavy atom. The lowest BCUT2D eigenvalue weighted by Crippen LogP contribution is -2.38. The summed E-state index contributed by atoms with van der Waals surface area (Å²) < 4.78 is 5.23. The fourth-order valence-electron chi connectivity index (χ4n) is 4.14. The molecule has 2 bridgehead atoms. The molecule has 1 N–H and O–H groups in total. The van der Waals surface area contributed by atoms with Gasteiger partial charge in [0.25, 0.3) is 0 Å². The van der Waals surface area contributed by atoms with Crippen molar-refractivity contribution in [2.24, 2.45) is 17.3 Å². The van der Waals surface area contributed by atoms with Crippen molar-refractivity contribution in [1.29, 1.82) is 0 Å². The number of carbonyl (C=O) groups is 1. The molecular formula is C16H20O3. The zero-order valence-corrected chi connectivity index (χ0v) is 11.3. The predicted molar refractivity (Wildman–Crippen MR) is 72.2 cm³/mol. The zero-order valence-electron chi connectivity index (χ0n) is 11.3. The molecule has 3 atom stereocenters. The third kappa shape index (κ3) is 2.01. The number of methoxy groups -OCH3 is 1. The molecule has 2 aliphatic carbocycles. The highest BCUT2D eigenvalue weighted by Gasteiger charge is 2.55. The number of hydrogen-bond acceptors (Lipinski definition) is 2. The molecule has 3 unspecified atom stereocenters. The minimum atomic E-state index is -0.609. The molecule has 1 aromatic rings. The number of carboxylic acid groups (broad SMARTS) is 1. The van der Waals surface area contributed by atoms with Crippen LogP contribution in [0.4, 0.5) is 0 Å². The van der Waals surface area contributed by atoms with Crippen molar-refractivity contribution in [3.8, 4) is 5.75 Å². The van der Waals surface area contributed by atoms with Gasteiger partial charge in [0.05, 0.1) is 12.5 Å². The first-order chi connectivity index (χ1) is 9.14. The van der Waals surface area contributed by atoms with Gasteiger partial charge in [0.2, 0.25) is 0 Å². The van der Waals surface area contributed by atoms with Gasteiger partial charge in [-0.25, -0.2) is 0 Å². The van der Waals surface area contributed by atoms with Crippen molar-refractivity contribution in [2.75, 3.05) is 7.11 Å². The van der Waals surface area contributed by atoms with Gasteiger partial charge in [0, 0.05) is 0 Å². The molecule has 102 valence electrons. The fraction of sp³-hybridized carbons (Fsp3) is 0.562. The van der Waals surface area contributed by atoms with Crippen LogP contribution in [0.5, 0.6) is 5.75 Å². The summed E-state index contributed by atoms with van der Waals surface area (Å²) in [4.78, 5) is 11.8. The van der Waals surface area contributed by atoms with E-state index < -0.39 is 11.4 Å². The Bertz CT molecular complexity index is 497. The van der Waals surface area contributed by atoms with E-state index in [0.29, 0.717) is 18.3 Å². The summed E-state index contributed by atoms with van der Waals surface area (Å²) in [5.74, 6) is 1.19. The van der Waals surface area contributed by atoms with Crippen LogP contribution in [0.15, 0.2) is 24.3 Å². The number of ether oxygens (including phenoxy) is 1. The minimum Gasteiger partial charge on any atom is -0.497 e. The molecular weight excluding hydrogens is 240 g/mol. The Balaban J connectivity index is 1.88. The van der Waals surface area contributed by atoms with Gasteiger partial charge in [-0.1, -0.05) is 18.6 Å². The van der Waals surface area contributed by atoms with E-state index in [2.05, 4.69) is 0 Å². The van der Waals surface area contributed by atoms with E-state index in [0.717, 1.165) is 30.6 Å². The molecule has 2 saturated carbocycles. The highest BCUT2D eigenvalue weighted by molar-refractivity contribution is 5.76. The molecule has 0 saturated heterocycles. The number of fused-ring (bicyclic) bond motifs is 2. The number of hydrogen-bond donors (Lipinski definition) is 1. The van der Waals surface area contributed by atoms with Crippen molar-refractivity contribution in [3.05, 3.63) is 29.8 Å². The SMILES string of the molecule is COc1cccc(CC2(C(=O)O)CC3CCC2C3)c1. The Labute approximate surface area is 113 Å². The molecule has 0 aromatic heterocycles. The highest BCUT2D eigenvalue weighted by Crippen LogP contribution is 2.57. The van der Waals surface area contributed by atoms with Crippen molar-refractivity contribution in [2.45, 2.75) is 32.1 Å². The lowest BCUT2D eigenvalue weighted by Gasteiger charge is -2.33. The Morgan fingerprint density at radius 2 is 2.32 bits per heavy atom. The van der Waals surface area contributed by atoms with E-state index in [4.69, 9.17) is 4.74 Å². The van der Waals surface area contributed by atoms with Crippen LogP contribution < -0.4 is 4.74 Å². The normalized spacial score (nSPS) is 32.5. The average Bonchev–Trinajstić information content (AvgIpc) is 3.00. The van der Waals surface area contributed by atoms with Crippen LogP contribution in [0.1, 0.15) is 31.2 Å². The monoisotopic (exact) mass is 260 g/mol. The Kier molecular flexibility index (Phi) is 3.00. The minimum absolute atomic E-state index is 0.362.